The van der Waals surface area contributed by atoms with E-state index >= 15 is 0 Å². The minimum Gasteiger partial charge on any atom is -0.469 e. The number of amides is 3. The molecule has 2 saturated heterocycles. The highest BCUT2D eigenvalue weighted by Gasteiger charge is 2.30. The van der Waals surface area contributed by atoms with E-state index in [2.05, 4.69) is 5.32 Å². The average molecular weight is 269 g/mol. The van der Waals surface area contributed by atoms with Crippen LogP contribution in [0.1, 0.15) is 12.8 Å². The Labute approximate surface area is 111 Å². The number of urea groups is 1. The molecule has 7 heteroatoms. The lowest BCUT2D eigenvalue weighted by molar-refractivity contribution is -0.147. The van der Waals surface area contributed by atoms with Gasteiger partial charge in [0.25, 0.3) is 0 Å². The number of nitrogens with zero attached hydrogens (tertiary/aromatic N) is 2. The maximum atomic E-state index is 11.9. The summed E-state index contributed by atoms with van der Waals surface area (Å²) in [5.41, 5.74) is 0. The van der Waals surface area contributed by atoms with Crippen molar-refractivity contribution in [2.75, 3.05) is 39.8 Å². The number of hydrogen-bond donors (Lipinski definition) is 1. The Morgan fingerprint density at radius 2 is 2.00 bits per heavy atom. The molecule has 0 spiro atoms. The Balaban J connectivity index is 1.78. The molecule has 0 radical (unpaired) electrons. The summed E-state index contributed by atoms with van der Waals surface area (Å²) in [7, 11) is 1.39. The van der Waals surface area contributed by atoms with Crippen molar-refractivity contribution in [2.24, 2.45) is 5.92 Å². The number of piperidine rings is 1. The molecule has 0 aromatic rings. The number of ether oxygens (including phenoxy) is 1. The second-order valence-electron chi connectivity index (χ2n) is 4.85. The van der Waals surface area contributed by atoms with E-state index < -0.39 is 0 Å². The van der Waals surface area contributed by atoms with Crippen LogP contribution in [0.15, 0.2) is 0 Å². The van der Waals surface area contributed by atoms with E-state index in [0.717, 1.165) is 0 Å². The van der Waals surface area contributed by atoms with Gasteiger partial charge >= 0.3 is 12.0 Å². The molecule has 0 aromatic heterocycles. The largest absolute Gasteiger partial charge is 0.469 e. The van der Waals surface area contributed by atoms with Gasteiger partial charge in [0.05, 0.1) is 19.6 Å². The van der Waals surface area contributed by atoms with E-state index in [1.165, 1.54) is 12.0 Å². The Hall–Kier alpha value is -1.63. The highest BCUT2D eigenvalue weighted by molar-refractivity contribution is 5.96. The van der Waals surface area contributed by atoms with Gasteiger partial charge in [-0.1, -0.05) is 0 Å². The summed E-state index contributed by atoms with van der Waals surface area (Å²) in [6.07, 6.45) is 1.40. The van der Waals surface area contributed by atoms with Gasteiger partial charge in [0.15, 0.2) is 0 Å². The molecule has 0 saturated carbocycles. The van der Waals surface area contributed by atoms with Crippen molar-refractivity contribution in [3.63, 3.8) is 0 Å². The summed E-state index contributed by atoms with van der Waals surface area (Å²) in [5.74, 6) is -0.414. The van der Waals surface area contributed by atoms with Crippen LogP contribution in [0.5, 0.6) is 0 Å². The molecule has 0 bridgehead atoms. The summed E-state index contributed by atoms with van der Waals surface area (Å²) in [6, 6.07) is -0.311. The first kappa shape index (κ1) is 13.8. The third kappa shape index (κ3) is 3.23. The third-order valence-corrected chi connectivity index (χ3v) is 3.64. The second kappa shape index (κ2) is 6.01. The number of esters is 1. The van der Waals surface area contributed by atoms with Crippen molar-refractivity contribution >= 4 is 17.9 Å². The first-order chi connectivity index (χ1) is 9.11. The zero-order valence-electron chi connectivity index (χ0n) is 11.1. The molecule has 0 aromatic carbocycles. The van der Waals surface area contributed by atoms with Crippen LogP contribution >= 0.6 is 0 Å². The van der Waals surface area contributed by atoms with Crippen molar-refractivity contribution < 1.29 is 19.1 Å². The molecule has 0 aliphatic carbocycles. The standard InChI is InChI=1S/C12H19N3O4/c1-19-11(17)9-2-5-14(6-3-9)8-10(16)15-7-4-13-12(15)18/h9H,2-8H2,1H3,(H,13,18). The molecular weight excluding hydrogens is 250 g/mol. The van der Waals surface area contributed by atoms with Gasteiger partial charge in [0.2, 0.25) is 5.91 Å². The van der Waals surface area contributed by atoms with Gasteiger partial charge in [0.1, 0.15) is 0 Å². The maximum absolute atomic E-state index is 11.9. The monoisotopic (exact) mass is 269 g/mol. The van der Waals surface area contributed by atoms with Gasteiger partial charge in [0, 0.05) is 13.1 Å². The van der Waals surface area contributed by atoms with Crippen LogP contribution < -0.4 is 5.32 Å². The van der Waals surface area contributed by atoms with E-state index in [0.29, 0.717) is 39.0 Å². The highest BCUT2D eigenvalue weighted by Crippen LogP contribution is 2.18. The number of hydrogen-bond acceptors (Lipinski definition) is 5. The van der Waals surface area contributed by atoms with Crippen LogP contribution in [-0.2, 0) is 14.3 Å². The van der Waals surface area contributed by atoms with E-state index in [1.807, 2.05) is 4.90 Å². The van der Waals surface area contributed by atoms with Gasteiger partial charge in [-0.2, -0.15) is 0 Å². The van der Waals surface area contributed by atoms with Gasteiger partial charge in [-0.05, 0) is 25.9 Å². The Morgan fingerprint density at radius 1 is 1.32 bits per heavy atom. The minimum atomic E-state index is -0.311. The maximum Gasteiger partial charge on any atom is 0.324 e. The number of rotatable bonds is 3. The number of imide groups is 1. The van der Waals surface area contributed by atoms with Crippen LogP contribution in [-0.4, -0.2) is 67.5 Å². The minimum absolute atomic E-state index is 0.0635. The van der Waals surface area contributed by atoms with Crippen LogP contribution in [0.2, 0.25) is 0 Å². The Morgan fingerprint density at radius 3 is 2.53 bits per heavy atom. The highest BCUT2D eigenvalue weighted by atomic mass is 16.5. The zero-order chi connectivity index (χ0) is 13.8. The van der Waals surface area contributed by atoms with Crippen molar-refractivity contribution in [2.45, 2.75) is 12.8 Å². The van der Waals surface area contributed by atoms with E-state index in [4.69, 9.17) is 4.74 Å². The number of carbonyl (C=O) groups is 3. The summed E-state index contributed by atoms with van der Waals surface area (Å²) in [4.78, 5) is 37.9. The fraction of sp³-hybridized carbons (Fsp3) is 0.750. The lowest BCUT2D eigenvalue weighted by Crippen LogP contribution is -2.45. The fourth-order valence-corrected chi connectivity index (χ4v) is 2.48. The molecule has 2 aliphatic heterocycles. The van der Waals surface area contributed by atoms with E-state index in [-0.39, 0.29) is 30.4 Å². The smallest absolute Gasteiger partial charge is 0.324 e. The Kier molecular flexibility index (Phi) is 4.36. The molecular formula is C12H19N3O4. The lowest BCUT2D eigenvalue weighted by atomic mass is 9.97. The lowest BCUT2D eigenvalue weighted by Gasteiger charge is -2.30. The van der Waals surface area contributed by atoms with Crippen LogP contribution in [0, 0.1) is 5.92 Å². The van der Waals surface area contributed by atoms with Crippen LogP contribution in [0.3, 0.4) is 0 Å². The fourth-order valence-electron chi connectivity index (χ4n) is 2.48. The first-order valence-corrected chi connectivity index (χ1v) is 6.50. The predicted molar refractivity (Wildman–Crippen MR) is 66.3 cm³/mol. The quantitative estimate of drug-likeness (QED) is 0.694. The molecule has 2 fully saturated rings. The number of carbonyl (C=O) groups excluding carboxylic acids is 3. The second-order valence-corrected chi connectivity index (χ2v) is 4.85. The summed E-state index contributed by atoms with van der Waals surface area (Å²) in [6.45, 7) is 2.56. The molecule has 2 rings (SSSR count). The zero-order valence-corrected chi connectivity index (χ0v) is 11.1. The summed E-state index contributed by atoms with van der Waals surface area (Å²) >= 11 is 0. The first-order valence-electron chi connectivity index (χ1n) is 6.50. The van der Waals surface area contributed by atoms with Gasteiger partial charge in [-0.15, -0.1) is 0 Å². The topological polar surface area (TPSA) is 79.0 Å². The third-order valence-electron chi connectivity index (χ3n) is 3.64. The molecule has 106 valence electrons. The SMILES string of the molecule is COC(=O)C1CCN(CC(=O)N2CCNC2=O)CC1. The summed E-state index contributed by atoms with van der Waals surface area (Å²) < 4.78 is 4.72. The van der Waals surface area contributed by atoms with E-state index in [9.17, 15) is 14.4 Å². The molecule has 7 nitrogen and oxygen atoms in total. The van der Waals surface area contributed by atoms with Crippen molar-refractivity contribution in [3.8, 4) is 0 Å². The number of methoxy groups -OCH3 is 1. The number of nitrogens with one attached hydrogen (secondary N) is 1. The van der Waals surface area contributed by atoms with Gasteiger partial charge in [-0.25, -0.2) is 4.79 Å². The summed E-state index contributed by atoms with van der Waals surface area (Å²) in [5, 5.41) is 2.60. The Bertz CT molecular complexity index is 377. The molecule has 2 aliphatic rings. The average Bonchev–Trinajstić information content (AvgIpc) is 2.85. The van der Waals surface area contributed by atoms with Gasteiger partial charge in [-0.3, -0.25) is 19.4 Å². The molecule has 19 heavy (non-hydrogen) atoms. The molecule has 1 N–H and O–H groups in total. The van der Waals surface area contributed by atoms with E-state index in [1.54, 1.807) is 0 Å². The van der Waals surface area contributed by atoms with Crippen molar-refractivity contribution in [1.82, 2.24) is 15.1 Å². The van der Waals surface area contributed by atoms with Gasteiger partial charge < -0.3 is 10.1 Å². The molecule has 0 unspecified atom stereocenters. The normalized spacial score (nSPS) is 21.3. The molecule has 2 heterocycles. The van der Waals surface area contributed by atoms with Crippen molar-refractivity contribution in [1.29, 1.82) is 0 Å². The van der Waals surface area contributed by atoms with Crippen molar-refractivity contribution in [3.05, 3.63) is 0 Å². The molecule has 3 amide bonds. The number of likely N-dealkylation sites (tertiary alicyclic amines) is 1. The molecule has 0 atom stereocenters. The van der Waals surface area contributed by atoms with Crippen LogP contribution in [0.4, 0.5) is 4.79 Å². The van der Waals surface area contributed by atoms with Crippen LogP contribution in [0.25, 0.3) is 0 Å². The predicted octanol–water partition coefficient (Wildman–Crippen LogP) is -0.577.